The number of fused-ring (bicyclic) bond motifs is 1. The number of alkyl halides is 2. The summed E-state index contributed by atoms with van der Waals surface area (Å²) in [7, 11) is 0. The summed E-state index contributed by atoms with van der Waals surface area (Å²) in [4.78, 5) is 15.9. The van der Waals surface area contributed by atoms with Gasteiger partial charge in [0.05, 0.1) is 5.02 Å². The van der Waals surface area contributed by atoms with E-state index in [1.54, 1.807) is 0 Å². The Kier molecular flexibility index (Phi) is 3.54. The highest BCUT2D eigenvalue weighted by molar-refractivity contribution is 6.31. The molecule has 0 atom stereocenters. The van der Waals surface area contributed by atoms with Gasteiger partial charge < -0.3 is 9.52 Å². The van der Waals surface area contributed by atoms with Crippen molar-refractivity contribution in [2.24, 2.45) is 0 Å². The number of aromatic nitrogens is 1. The number of hydrogen-bond acceptors (Lipinski definition) is 4. The molecule has 0 spiro atoms. The summed E-state index contributed by atoms with van der Waals surface area (Å²) >= 11 is 5.79. The van der Waals surface area contributed by atoms with Gasteiger partial charge in [0.15, 0.2) is 16.9 Å². The van der Waals surface area contributed by atoms with Gasteiger partial charge in [-0.25, -0.2) is 13.8 Å². The molecule has 3 rings (SSSR count). The molecule has 0 saturated carbocycles. The summed E-state index contributed by atoms with van der Waals surface area (Å²) in [5.74, 6) is -0.755. The molecule has 0 amide bonds. The summed E-state index contributed by atoms with van der Waals surface area (Å²) in [5, 5.41) is 10.2. The van der Waals surface area contributed by atoms with E-state index in [1.165, 1.54) is 36.5 Å². The van der Waals surface area contributed by atoms with E-state index in [1.807, 2.05) is 0 Å². The number of halogens is 3. The molecule has 0 fully saturated rings. The van der Waals surface area contributed by atoms with Crippen molar-refractivity contribution in [3.05, 3.63) is 57.3 Å². The Bertz CT molecular complexity index is 907. The van der Waals surface area contributed by atoms with Gasteiger partial charge in [0.1, 0.15) is 0 Å². The summed E-state index contributed by atoms with van der Waals surface area (Å²) in [6, 6.07) is 6.45. The quantitative estimate of drug-likeness (QED) is 0.769. The van der Waals surface area contributed by atoms with Crippen LogP contribution in [-0.4, -0.2) is 10.1 Å². The fourth-order valence-electron chi connectivity index (χ4n) is 2.02. The highest BCUT2D eigenvalue weighted by Gasteiger charge is 2.17. The van der Waals surface area contributed by atoms with Crippen LogP contribution in [0, 0.1) is 0 Å². The lowest BCUT2D eigenvalue weighted by molar-refractivity contribution is 0.151. The first-order valence-corrected chi connectivity index (χ1v) is 6.55. The predicted octanol–water partition coefficient (Wildman–Crippen LogP) is 4.15. The molecule has 0 aliphatic rings. The fourth-order valence-corrected chi connectivity index (χ4v) is 2.17. The highest BCUT2D eigenvalue weighted by Crippen LogP contribution is 2.31. The molecule has 22 heavy (non-hydrogen) atoms. The van der Waals surface area contributed by atoms with Gasteiger partial charge in [-0.15, -0.1) is 0 Å². The monoisotopic (exact) mass is 323 g/mol. The average Bonchev–Trinajstić information content (AvgIpc) is 2.51. The topological polar surface area (TPSA) is 63.3 Å². The van der Waals surface area contributed by atoms with Gasteiger partial charge in [-0.05, 0) is 0 Å². The van der Waals surface area contributed by atoms with Crippen LogP contribution >= 0.6 is 11.6 Å². The van der Waals surface area contributed by atoms with Crippen molar-refractivity contribution >= 4 is 22.7 Å². The highest BCUT2D eigenvalue weighted by atomic mass is 35.5. The number of benzene rings is 1. The van der Waals surface area contributed by atoms with Gasteiger partial charge in [0.25, 0.3) is 11.9 Å². The molecule has 112 valence electrons. The van der Waals surface area contributed by atoms with Crippen LogP contribution in [0.5, 0.6) is 5.75 Å². The summed E-state index contributed by atoms with van der Waals surface area (Å²) in [6.45, 7) is 0. The molecule has 2 heterocycles. The molecule has 0 bridgehead atoms. The van der Waals surface area contributed by atoms with E-state index in [0.29, 0.717) is 5.56 Å². The van der Waals surface area contributed by atoms with Gasteiger partial charge in [0.2, 0.25) is 5.75 Å². The summed E-state index contributed by atoms with van der Waals surface area (Å²) < 4.78 is 30.6. The van der Waals surface area contributed by atoms with Gasteiger partial charge >= 0.3 is 0 Å². The van der Waals surface area contributed by atoms with Gasteiger partial charge in [-0.3, -0.25) is 4.79 Å². The first kappa shape index (κ1) is 14.5. The van der Waals surface area contributed by atoms with E-state index in [4.69, 9.17) is 16.0 Å². The number of pyridine rings is 1. The Morgan fingerprint density at radius 3 is 2.55 bits per heavy atom. The molecule has 1 N–H and O–H groups in total. The third-order valence-electron chi connectivity index (χ3n) is 3.10. The van der Waals surface area contributed by atoms with Crippen LogP contribution in [0.1, 0.15) is 12.0 Å². The zero-order valence-corrected chi connectivity index (χ0v) is 11.6. The molecule has 0 aliphatic carbocycles. The summed E-state index contributed by atoms with van der Waals surface area (Å²) in [6.07, 6.45) is -1.34. The zero-order valence-electron chi connectivity index (χ0n) is 10.9. The number of aromatic hydroxyl groups is 1. The first-order chi connectivity index (χ1) is 10.5. The lowest BCUT2D eigenvalue weighted by Gasteiger charge is -2.06. The van der Waals surface area contributed by atoms with Crippen LogP contribution in [-0.2, 0) is 0 Å². The Balaban J connectivity index is 2.22. The average molecular weight is 324 g/mol. The second kappa shape index (κ2) is 5.38. The van der Waals surface area contributed by atoms with Crippen LogP contribution in [0.25, 0.3) is 22.4 Å². The first-order valence-electron chi connectivity index (χ1n) is 6.17. The summed E-state index contributed by atoms with van der Waals surface area (Å²) in [5.41, 5.74) is -0.555. The third-order valence-corrected chi connectivity index (χ3v) is 3.31. The fraction of sp³-hybridized carbons (Fsp3) is 0.0667. The minimum absolute atomic E-state index is 0.0603. The van der Waals surface area contributed by atoms with Crippen LogP contribution in [0.3, 0.4) is 0 Å². The lowest BCUT2D eigenvalue weighted by atomic mass is 10.1. The van der Waals surface area contributed by atoms with Crippen molar-refractivity contribution in [2.45, 2.75) is 6.43 Å². The van der Waals surface area contributed by atoms with Crippen LogP contribution in [0.15, 0.2) is 45.7 Å². The van der Waals surface area contributed by atoms with Crippen molar-refractivity contribution in [2.75, 3.05) is 0 Å². The van der Waals surface area contributed by atoms with Crippen molar-refractivity contribution in [1.82, 2.24) is 4.98 Å². The van der Waals surface area contributed by atoms with E-state index < -0.39 is 17.6 Å². The van der Waals surface area contributed by atoms with Gasteiger partial charge in [0, 0.05) is 23.4 Å². The minimum Gasteiger partial charge on any atom is -0.501 e. The lowest BCUT2D eigenvalue weighted by Crippen LogP contribution is -2.04. The second-order valence-corrected chi connectivity index (χ2v) is 4.97. The van der Waals surface area contributed by atoms with E-state index in [0.717, 1.165) is 0 Å². The molecule has 2 aromatic heterocycles. The Hall–Kier alpha value is -2.47. The number of hydrogen-bond donors (Lipinski definition) is 1. The van der Waals surface area contributed by atoms with Crippen LogP contribution in [0.2, 0.25) is 5.02 Å². The Morgan fingerprint density at radius 1 is 1.23 bits per heavy atom. The van der Waals surface area contributed by atoms with Crippen molar-refractivity contribution in [3.8, 4) is 17.1 Å². The third kappa shape index (κ3) is 2.42. The maximum atomic E-state index is 12.6. The standard InChI is InChI=1S/C15H8ClF2NO3/c16-9-5-10-11(19-6-9)12(20)13(21)14(22-10)7-1-3-8(4-2-7)15(17)18/h1-6,15,21H. The van der Waals surface area contributed by atoms with Crippen LogP contribution < -0.4 is 5.43 Å². The molecule has 0 unspecified atom stereocenters. The molecule has 0 aliphatic heterocycles. The Morgan fingerprint density at radius 2 is 1.91 bits per heavy atom. The molecule has 0 saturated heterocycles. The van der Waals surface area contributed by atoms with E-state index in [9.17, 15) is 18.7 Å². The zero-order chi connectivity index (χ0) is 15.9. The van der Waals surface area contributed by atoms with Crippen molar-refractivity contribution in [3.63, 3.8) is 0 Å². The maximum Gasteiger partial charge on any atom is 0.263 e. The van der Waals surface area contributed by atoms with Crippen LogP contribution in [0.4, 0.5) is 8.78 Å². The molecular formula is C15H8ClF2NO3. The molecule has 1 aromatic carbocycles. The second-order valence-electron chi connectivity index (χ2n) is 4.53. The largest absolute Gasteiger partial charge is 0.501 e. The normalized spacial score (nSPS) is 11.3. The smallest absolute Gasteiger partial charge is 0.263 e. The van der Waals surface area contributed by atoms with Crippen molar-refractivity contribution in [1.29, 1.82) is 0 Å². The molecule has 0 radical (unpaired) electrons. The molecule has 7 heteroatoms. The molecule has 3 aromatic rings. The number of nitrogens with zero attached hydrogens (tertiary/aromatic N) is 1. The number of rotatable bonds is 2. The van der Waals surface area contributed by atoms with Crippen molar-refractivity contribution < 1.29 is 18.3 Å². The molecular weight excluding hydrogens is 316 g/mol. The van der Waals surface area contributed by atoms with E-state index in [-0.39, 0.29) is 27.4 Å². The predicted molar refractivity (Wildman–Crippen MR) is 77.3 cm³/mol. The van der Waals surface area contributed by atoms with E-state index >= 15 is 0 Å². The van der Waals surface area contributed by atoms with Gasteiger partial charge in [-0.1, -0.05) is 35.9 Å². The van der Waals surface area contributed by atoms with Gasteiger partial charge in [-0.2, -0.15) is 0 Å². The minimum atomic E-state index is -2.60. The molecule has 4 nitrogen and oxygen atoms in total. The maximum absolute atomic E-state index is 12.6. The van der Waals surface area contributed by atoms with E-state index in [2.05, 4.69) is 4.98 Å². The Labute approximate surface area is 127 Å². The SMILES string of the molecule is O=c1c(O)c(-c2ccc(C(F)F)cc2)oc2cc(Cl)cnc12.